The Kier molecular flexibility index (Phi) is 4.64. The van der Waals surface area contributed by atoms with E-state index in [2.05, 4.69) is 34.1 Å². The fourth-order valence-electron chi connectivity index (χ4n) is 7.20. The second kappa shape index (κ2) is 7.58. The summed E-state index contributed by atoms with van der Waals surface area (Å²) in [5.74, 6) is -0.0580. The number of rotatable bonds is 3. The maximum atomic E-state index is 13.7. The minimum absolute atomic E-state index is 0.0349. The number of hydrogen-bond donors (Lipinski definition) is 1. The highest BCUT2D eigenvalue weighted by Gasteiger charge is 2.69. The van der Waals surface area contributed by atoms with E-state index in [1.807, 2.05) is 44.4 Å². The van der Waals surface area contributed by atoms with Crippen molar-refractivity contribution in [2.24, 2.45) is 29.6 Å². The van der Waals surface area contributed by atoms with Gasteiger partial charge in [0, 0.05) is 35.8 Å². The number of nitrogens with one attached hydrogen (secondary N) is 1. The van der Waals surface area contributed by atoms with Gasteiger partial charge in [-0.2, -0.15) is 0 Å². The molecule has 3 fully saturated rings. The molecular formula is C27H25N3O3S2. The van der Waals surface area contributed by atoms with Gasteiger partial charge in [-0.15, -0.1) is 11.8 Å². The van der Waals surface area contributed by atoms with Gasteiger partial charge in [0.15, 0.2) is 0 Å². The molecule has 178 valence electrons. The van der Waals surface area contributed by atoms with Crippen molar-refractivity contribution in [1.82, 2.24) is 4.98 Å². The maximum absolute atomic E-state index is 13.7. The fraction of sp³-hybridized carbons (Fsp3) is 0.370. The van der Waals surface area contributed by atoms with E-state index in [1.54, 1.807) is 11.8 Å². The first-order valence-electron chi connectivity index (χ1n) is 12.0. The van der Waals surface area contributed by atoms with Crippen LogP contribution in [-0.2, 0) is 9.59 Å². The van der Waals surface area contributed by atoms with Crippen LogP contribution in [0.3, 0.4) is 0 Å². The lowest BCUT2D eigenvalue weighted by atomic mass is 9.68. The van der Waals surface area contributed by atoms with Crippen LogP contribution in [0.1, 0.15) is 22.8 Å². The quantitative estimate of drug-likeness (QED) is 0.543. The number of hydrogen-bond acceptors (Lipinski definition) is 6. The molecule has 2 aliphatic heterocycles. The number of carbonyl (C=O) groups excluding carboxylic acids is 2. The third-order valence-corrected chi connectivity index (χ3v) is 11.1. The largest absolute Gasteiger partial charge is 0.378 e. The molecular weight excluding hydrogens is 478 g/mol. The van der Waals surface area contributed by atoms with Crippen LogP contribution in [0.25, 0.3) is 0 Å². The molecule has 1 aromatic heterocycles. The van der Waals surface area contributed by atoms with E-state index in [9.17, 15) is 14.4 Å². The predicted molar refractivity (Wildman–Crippen MR) is 138 cm³/mol. The summed E-state index contributed by atoms with van der Waals surface area (Å²) >= 11 is 3.03. The van der Waals surface area contributed by atoms with E-state index in [-0.39, 0.29) is 57.4 Å². The zero-order valence-corrected chi connectivity index (χ0v) is 21.0. The highest BCUT2D eigenvalue weighted by Crippen LogP contribution is 2.68. The van der Waals surface area contributed by atoms with Gasteiger partial charge in [0.2, 0.25) is 11.8 Å². The molecule has 0 radical (unpaired) electrons. The molecule has 4 aliphatic rings. The van der Waals surface area contributed by atoms with E-state index in [0.717, 1.165) is 22.0 Å². The molecule has 7 atom stereocenters. The first-order chi connectivity index (χ1) is 16.9. The van der Waals surface area contributed by atoms with Crippen molar-refractivity contribution in [1.29, 1.82) is 0 Å². The van der Waals surface area contributed by atoms with Gasteiger partial charge in [0.1, 0.15) is 0 Å². The van der Waals surface area contributed by atoms with Crippen molar-refractivity contribution in [3.05, 3.63) is 74.7 Å². The summed E-state index contributed by atoms with van der Waals surface area (Å²) in [7, 11) is 4.05. The summed E-state index contributed by atoms with van der Waals surface area (Å²) in [5, 5.41) is 1.16. The van der Waals surface area contributed by atoms with Gasteiger partial charge >= 0.3 is 4.87 Å². The monoisotopic (exact) mass is 503 g/mol. The van der Waals surface area contributed by atoms with E-state index in [4.69, 9.17) is 0 Å². The molecule has 2 aromatic carbocycles. The SMILES string of the molecule is CN(C)c1ccc([C@H]2c3sc(=O)[nH]c3S[C@@H]3[C@@H]4C[C@@H]([C@H]5C(=O)N(c6ccccc6)C(=O)[C@H]45)[C@@H]23)cc1. The molecule has 35 heavy (non-hydrogen) atoms. The Hall–Kier alpha value is -2.84. The second-order valence-electron chi connectivity index (χ2n) is 10.3. The van der Waals surface area contributed by atoms with Crippen LogP contribution >= 0.6 is 23.1 Å². The molecule has 2 amide bonds. The van der Waals surface area contributed by atoms with Gasteiger partial charge in [-0.1, -0.05) is 41.7 Å². The highest BCUT2D eigenvalue weighted by atomic mass is 32.2. The topological polar surface area (TPSA) is 73.5 Å². The molecule has 3 aromatic rings. The molecule has 6 nitrogen and oxygen atoms in total. The van der Waals surface area contributed by atoms with E-state index >= 15 is 0 Å². The Morgan fingerprint density at radius 3 is 2.29 bits per heavy atom. The van der Waals surface area contributed by atoms with Crippen LogP contribution in [0.4, 0.5) is 11.4 Å². The van der Waals surface area contributed by atoms with Crippen molar-refractivity contribution >= 4 is 46.3 Å². The lowest BCUT2D eigenvalue weighted by Crippen LogP contribution is -2.42. The summed E-state index contributed by atoms with van der Waals surface area (Å²) in [6, 6.07) is 17.9. The van der Waals surface area contributed by atoms with E-state index < -0.39 is 0 Å². The Bertz CT molecular complexity index is 1400. The molecule has 0 unspecified atom stereocenters. The fourth-order valence-corrected chi connectivity index (χ4v) is 10.1. The van der Waals surface area contributed by atoms with Gasteiger partial charge in [-0.25, -0.2) is 0 Å². The highest BCUT2D eigenvalue weighted by molar-refractivity contribution is 8.00. The minimum Gasteiger partial charge on any atom is -0.378 e. The van der Waals surface area contributed by atoms with Gasteiger partial charge in [0.05, 0.1) is 22.5 Å². The number of anilines is 2. The lowest BCUT2D eigenvalue weighted by Gasteiger charge is -2.43. The number of benzene rings is 2. The van der Waals surface area contributed by atoms with E-state index in [0.29, 0.717) is 5.69 Å². The van der Waals surface area contributed by atoms with Crippen molar-refractivity contribution in [3.63, 3.8) is 0 Å². The average molecular weight is 504 g/mol. The number of amides is 2. The Balaban J connectivity index is 1.32. The summed E-state index contributed by atoms with van der Waals surface area (Å²) < 4.78 is 0. The molecule has 1 saturated heterocycles. The number of para-hydroxylation sites is 1. The molecule has 7 rings (SSSR count). The van der Waals surface area contributed by atoms with Gasteiger partial charge in [0.25, 0.3) is 0 Å². The summed E-state index contributed by atoms with van der Waals surface area (Å²) in [5.41, 5.74) is 2.98. The number of nitrogens with zero attached hydrogens (tertiary/aromatic N) is 2. The molecule has 2 aliphatic carbocycles. The summed E-state index contributed by atoms with van der Waals surface area (Å²) in [6.45, 7) is 0. The van der Waals surface area contributed by atoms with Gasteiger partial charge in [-0.05, 0) is 54.0 Å². The number of carbonyl (C=O) groups is 2. The number of thioether (sulfide) groups is 1. The van der Waals surface area contributed by atoms with Crippen LogP contribution < -0.4 is 14.7 Å². The zero-order valence-electron chi connectivity index (χ0n) is 19.4. The average Bonchev–Trinajstić information content (AvgIpc) is 3.58. The van der Waals surface area contributed by atoms with Crippen LogP contribution in [0.2, 0.25) is 0 Å². The number of thiazole rings is 1. The number of imide groups is 1. The molecule has 0 spiro atoms. The molecule has 2 bridgehead atoms. The molecule has 1 N–H and O–H groups in total. The number of aromatic amines is 1. The predicted octanol–water partition coefficient (Wildman–Crippen LogP) is 4.18. The standard InChI is InChI=1S/C27H25N3O3S2/c1-29(2)14-10-8-13(9-11-14)18-19-16-12-17(22(19)34-24-23(18)35-27(33)28-24)21-20(16)25(31)30(26(21)32)15-6-4-3-5-7-15/h3-11,16-22H,12H2,1-2H3,(H,28,33)/t16-,17-,18-,19+,20-,21-,22-/m1/s1. The Morgan fingerprint density at radius 1 is 0.914 bits per heavy atom. The minimum atomic E-state index is -0.268. The van der Waals surface area contributed by atoms with Crippen molar-refractivity contribution < 1.29 is 9.59 Å². The van der Waals surface area contributed by atoms with Crippen molar-refractivity contribution in [2.45, 2.75) is 22.6 Å². The first-order valence-corrected chi connectivity index (χ1v) is 13.7. The van der Waals surface area contributed by atoms with E-state index in [1.165, 1.54) is 21.8 Å². The lowest BCUT2D eigenvalue weighted by molar-refractivity contribution is -0.123. The normalized spacial score (nSPS) is 32.5. The smallest absolute Gasteiger partial charge is 0.305 e. The molecule has 8 heteroatoms. The Labute approximate surface area is 211 Å². The zero-order chi connectivity index (χ0) is 24.0. The third-order valence-electron chi connectivity index (χ3n) is 8.51. The van der Waals surface area contributed by atoms with Crippen molar-refractivity contribution in [3.8, 4) is 0 Å². The number of H-pyrrole nitrogens is 1. The van der Waals surface area contributed by atoms with Gasteiger partial charge in [-0.3, -0.25) is 19.3 Å². The number of aromatic nitrogens is 1. The van der Waals surface area contributed by atoms with Gasteiger partial charge < -0.3 is 9.88 Å². The summed E-state index contributed by atoms with van der Waals surface area (Å²) in [6.07, 6.45) is 0.906. The maximum Gasteiger partial charge on any atom is 0.305 e. The molecule has 2 saturated carbocycles. The van der Waals surface area contributed by atoms with Crippen LogP contribution in [-0.4, -0.2) is 36.1 Å². The van der Waals surface area contributed by atoms with Crippen molar-refractivity contribution in [2.75, 3.05) is 23.9 Å². The second-order valence-corrected chi connectivity index (χ2v) is 12.5. The van der Waals surface area contributed by atoms with Crippen LogP contribution in [0.5, 0.6) is 0 Å². The Morgan fingerprint density at radius 2 is 1.60 bits per heavy atom. The molecule has 3 heterocycles. The summed E-state index contributed by atoms with van der Waals surface area (Å²) in [4.78, 5) is 47.3. The van der Waals surface area contributed by atoms with Crippen LogP contribution in [0.15, 0.2) is 64.4 Å². The first kappa shape index (κ1) is 21.4. The third kappa shape index (κ3) is 2.93. The van der Waals surface area contributed by atoms with Crippen LogP contribution in [0, 0.1) is 29.6 Å². The number of fused-ring (bicyclic) bond motifs is 9.